The third-order valence-electron chi connectivity index (χ3n) is 7.49. The summed E-state index contributed by atoms with van der Waals surface area (Å²) in [4.78, 5) is 35.4. The third kappa shape index (κ3) is 4.64. The molecule has 10 nitrogen and oxygen atoms in total. The molecule has 0 spiro atoms. The molecule has 0 unspecified atom stereocenters. The van der Waals surface area contributed by atoms with Crippen LogP contribution in [0.4, 0.5) is 0 Å². The smallest absolute Gasteiger partial charge is 0.255 e. The SMILES string of the molecule is COCC(=O)N1CCC(NC(=O)c2c(C)[nH]c3c(-c4c(OCC5CC5)ccc5c4OCO5)ccnc23)CC1. The average molecular weight is 521 g/mol. The van der Waals surface area contributed by atoms with E-state index in [2.05, 4.69) is 15.3 Å². The second-order valence-electron chi connectivity index (χ2n) is 10.2. The van der Waals surface area contributed by atoms with Crippen LogP contribution in [0.1, 0.15) is 41.7 Å². The zero-order valence-corrected chi connectivity index (χ0v) is 21.7. The predicted octanol–water partition coefficient (Wildman–Crippen LogP) is 3.42. The molecule has 1 saturated carbocycles. The number of methoxy groups -OCH3 is 1. The van der Waals surface area contributed by atoms with E-state index in [9.17, 15) is 9.59 Å². The second kappa shape index (κ2) is 10.2. The zero-order chi connectivity index (χ0) is 26.2. The van der Waals surface area contributed by atoms with Crippen molar-refractivity contribution in [2.75, 3.05) is 40.2 Å². The molecule has 0 radical (unpaired) electrons. The standard InChI is InChI=1S/C28H32N4O6/c1-16-23(28(34)31-18-8-11-32(12-9-18)22(33)14-35-2)26-25(30-16)19(7-10-29-26)24-20(36-13-17-3-4-17)5-6-21-27(24)38-15-37-21/h5-7,10,17-18,30H,3-4,8-9,11-15H2,1-2H3,(H,31,34). The number of H-pyrrole nitrogens is 1. The Kier molecular flexibility index (Phi) is 6.57. The van der Waals surface area contributed by atoms with Gasteiger partial charge in [0.1, 0.15) is 17.9 Å². The van der Waals surface area contributed by atoms with Crippen molar-refractivity contribution in [2.24, 2.45) is 5.92 Å². The Hall–Kier alpha value is -3.79. The van der Waals surface area contributed by atoms with Gasteiger partial charge in [0.15, 0.2) is 11.5 Å². The molecule has 3 aromatic rings. The van der Waals surface area contributed by atoms with E-state index in [0.29, 0.717) is 61.0 Å². The Balaban J connectivity index is 1.28. The molecule has 10 heteroatoms. The van der Waals surface area contributed by atoms with Crippen LogP contribution < -0.4 is 19.5 Å². The minimum absolute atomic E-state index is 0.0213. The normalized spacial score (nSPS) is 17.2. The minimum Gasteiger partial charge on any atom is -0.493 e. The van der Waals surface area contributed by atoms with E-state index >= 15 is 0 Å². The molecule has 3 aliphatic rings. The lowest BCUT2D eigenvalue weighted by molar-refractivity contribution is -0.136. The van der Waals surface area contributed by atoms with Crippen LogP contribution in [-0.4, -0.2) is 72.9 Å². The highest BCUT2D eigenvalue weighted by atomic mass is 16.7. The van der Waals surface area contributed by atoms with Crippen molar-refractivity contribution in [3.8, 4) is 28.4 Å². The Bertz CT molecular complexity index is 1370. The van der Waals surface area contributed by atoms with Crippen LogP contribution in [-0.2, 0) is 9.53 Å². The van der Waals surface area contributed by atoms with Crippen molar-refractivity contribution in [1.29, 1.82) is 0 Å². The predicted molar refractivity (Wildman–Crippen MR) is 140 cm³/mol. The average Bonchev–Trinajstić information content (AvgIpc) is 3.50. The number of benzene rings is 1. The van der Waals surface area contributed by atoms with E-state index in [1.54, 1.807) is 11.1 Å². The fraction of sp³-hybridized carbons (Fsp3) is 0.464. The molecule has 1 aliphatic carbocycles. The summed E-state index contributed by atoms with van der Waals surface area (Å²) in [5.74, 6) is 2.42. The number of hydrogen-bond acceptors (Lipinski definition) is 7. The maximum atomic E-state index is 13.5. The van der Waals surface area contributed by atoms with Gasteiger partial charge in [0, 0.05) is 43.7 Å². The fourth-order valence-electron chi connectivity index (χ4n) is 5.26. The van der Waals surface area contributed by atoms with Gasteiger partial charge in [0.05, 0.1) is 23.3 Å². The Morgan fingerprint density at radius 1 is 1.16 bits per heavy atom. The van der Waals surface area contributed by atoms with Crippen LogP contribution in [0.15, 0.2) is 24.4 Å². The first-order valence-corrected chi connectivity index (χ1v) is 13.1. The number of rotatable bonds is 8. The molecule has 2 amide bonds. The minimum atomic E-state index is -0.178. The molecule has 1 saturated heterocycles. The molecule has 2 aromatic heterocycles. The number of aromatic amines is 1. The highest BCUT2D eigenvalue weighted by Crippen LogP contribution is 2.49. The monoisotopic (exact) mass is 520 g/mol. The van der Waals surface area contributed by atoms with Gasteiger partial charge in [-0.15, -0.1) is 0 Å². The van der Waals surface area contributed by atoms with Crippen LogP contribution >= 0.6 is 0 Å². The summed E-state index contributed by atoms with van der Waals surface area (Å²) in [5, 5.41) is 3.16. The highest BCUT2D eigenvalue weighted by molar-refractivity contribution is 6.10. The number of amides is 2. The van der Waals surface area contributed by atoms with Gasteiger partial charge in [-0.3, -0.25) is 14.6 Å². The number of carbonyl (C=O) groups is 2. The van der Waals surface area contributed by atoms with Gasteiger partial charge in [0.2, 0.25) is 12.7 Å². The number of aryl methyl sites for hydroxylation is 1. The molecule has 4 heterocycles. The van der Waals surface area contributed by atoms with Gasteiger partial charge in [-0.2, -0.15) is 0 Å². The number of nitrogens with zero attached hydrogens (tertiary/aromatic N) is 2. The van der Waals surface area contributed by atoms with E-state index in [4.69, 9.17) is 18.9 Å². The lowest BCUT2D eigenvalue weighted by atomic mass is 10.0. The Labute approximate surface area is 220 Å². The van der Waals surface area contributed by atoms with Crippen LogP contribution in [0.5, 0.6) is 17.2 Å². The summed E-state index contributed by atoms with van der Waals surface area (Å²) in [6.07, 6.45) is 5.47. The first-order chi connectivity index (χ1) is 18.5. The molecule has 6 rings (SSSR count). The maximum absolute atomic E-state index is 13.5. The number of ether oxygens (including phenoxy) is 4. The first kappa shape index (κ1) is 24.5. The number of hydrogen-bond donors (Lipinski definition) is 2. The first-order valence-electron chi connectivity index (χ1n) is 13.1. The lowest BCUT2D eigenvalue weighted by Gasteiger charge is -2.32. The van der Waals surface area contributed by atoms with E-state index in [-0.39, 0.29) is 31.3 Å². The van der Waals surface area contributed by atoms with Crippen molar-refractivity contribution < 1.29 is 28.5 Å². The van der Waals surface area contributed by atoms with Gasteiger partial charge < -0.3 is 34.1 Å². The molecule has 200 valence electrons. The third-order valence-corrected chi connectivity index (χ3v) is 7.49. The summed E-state index contributed by atoms with van der Waals surface area (Å²) >= 11 is 0. The second-order valence-corrected chi connectivity index (χ2v) is 10.2. The molecular weight excluding hydrogens is 488 g/mol. The number of fused-ring (bicyclic) bond motifs is 2. The summed E-state index contributed by atoms with van der Waals surface area (Å²) in [6, 6.07) is 5.69. The van der Waals surface area contributed by atoms with E-state index < -0.39 is 0 Å². The zero-order valence-electron chi connectivity index (χ0n) is 21.7. The number of likely N-dealkylation sites (tertiary alicyclic amines) is 1. The molecule has 0 atom stereocenters. The van der Waals surface area contributed by atoms with E-state index in [0.717, 1.165) is 28.1 Å². The molecule has 2 N–H and O–H groups in total. The Morgan fingerprint density at radius 3 is 2.74 bits per heavy atom. The summed E-state index contributed by atoms with van der Waals surface area (Å²) in [5.41, 5.74) is 4.23. The molecule has 2 aliphatic heterocycles. The van der Waals surface area contributed by atoms with Gasteiger partial charge in [-0.25, -0.2) is 0 Å². The molecular formula is C28H32N4O6. The van der Waals surface area contributed by atoms with E-state index in [1.165, 1.54) is 20.0 Å². The number of carbonyl (C=O) groups excluding carboxylic acids is 2. The fourth-order valence-corrected chi connectivity index (χ4v) is 5.26. The van der Waals surface area contributed by atoms with Crippen LogP contribution in [0.3, 0.4) is 0 Å². The van der Waals surface area contributed by atoms with Gasteiger partial charge in [0.25, 0.3) is 5.91 Å². The number of nitrogens with one attached hydrogen (secondary N) is 2. The highest BCUT2D eigenvalue weighted by Gasteiger charge is 2.30. The molecule has 0 bridgehead atoms. The lowest BCUT2D eigenvalue weighted by Crippen LogP contribution is -2.47. The van der Waals surface area contributed by atoms with Crippen molar-refractivity contribution in [2.45, 2.75) is 38.6 Å². The number of piperidine rings is 1. The van der Waals surface area contributed by atoms with E-state index in [1.807, 2.05) is 25.1 Å². The van der Waals surface area contributed by atoms with Crippen molar-refractivity contribution in [3.05, 3.63) is 35.7 Å². The van der Waals surface area contributed by atoms with Crippen molar-refractivity contribution >= 4 is 22.8 Å². The van der Waals surface area contributed by atoms with Gasteiger partial charge in [-0.05, 0) is 56.7 Å². The number of pyridine rings is 1. The van der Waals surface area contributed by atoms with Gasteiger partial charge in [-0.1, -0.05) is 0 Å². The number of aromatic nitrogens is 2. The van der Waals surface area contributed by atoms with Crippen LogP contribution in [0.2, 0.25) is 0 Å². The Morgan fingerprint density at radius 2 is 1.97 bits per heavy atom. The largest absolute Gasteiger partial charge is 0.493 e. The van der Waals surface area contributed by atoms with Crippen molar-refractivity contribution in [1.82, 2.24) is 20.2 Å². The molecule has 38 heavy (non-hydrogen) atoms. The summed E-state index contributed by atoms with van der Waals surface area (Å²) in [6.45, 7) is 3.95. The van der Waals surface area contributed by atoms with Crippen LogP contribution in [0.25, 0.3) is 22.2 Å². The summed E-state index contributed by atoms with van der Waals surface area (Å²) in [7, 11) is 1.52. The topological polar surface area (TPSA) is 115 Å². The summed E-state index contributed by atoms with van der Waals surface area (Å²) < 4.78 is 22.7. The van der Waals surface area contributed by atoms with Crippen LogP contribution in [0, 0.1) is 12.8 Å². The molecule has 1 aromatic carbocycles. The van der Waals surface area contributed by atoms with Crippen molar-refractivity contribution in [3.63, 3.8) is 0 Å². The quantitative estimate of drug-likeness (QED) is 0.468. The molecule has 2 fully saturated rings. The van der Waals surface area contributed by atoms with Gasteiger partial charge >= 0.3 is 0 Å². The maximum Gasteiger partial charge on any atom is 0.255 e.